The molecule has 0 radical (unpaired) electrons. The zero-order chi connectivity index (χ0) is 23.6. The Hall–Kier alpha value is -2.57. The molecule has 6 nitrogen and oxygen atoms in total. The molecule has 3 aliphatic carbocycles. The molecule has 1 spiro atoms. The Labute approximate surface area is 206 Å². The quantitative estimate of drug-likeness (QED) is 0.494. The van der Waals surface area contributed by atoms with Gasteiger partial charge >= 0.3 is 0 Å². The van der Waals surface area contributed by atoms with Gasteiger partial charge in [0.1, 0.15) is 6.10 Å². The summed E-state index contributed by atoms with van der Waals surface area (Å²) in [7, 11) is 0. The van der Waals surface area contributed by atoms with E-state index in [1.54, 1.807) is 0 Å². The van der Waals surface area contributed by atoms with E-state index in [0.717, 1.165) is 66.7 Å². The molecule has 3 heterocycles. The zero-order valence-electron chi connectivity index (χ0n) is 20.6. The van der Waals surface area contributed by atoms with Crippen molar-refractivity contribution in [3.05, 3.63) is 47.8 Å². The third kappa shape index (κ3) is 3.26. The van der Waals surface area contributed by atoms with Crippen LogP contribution in [0.15, 0.2) is 36.5 Å². The van der Waals surface area contributed by atoms with Gasteiger partial charge in [0.05, 0.1) is 24.4 Å². The number of ether oxygens (including phenoxy) is 3. The third-order valence-electron chi connectivity index (χ3n) is 9.32. The van der Waals surface area contributed by atoms with Crippen molar-refractivity contribution in [2.24, 2.45) is 11.8 Å². The second kappa shape index (κ2) is 7.97. The number of fused-ring (bicyclic) bond motifs is 4. The number of pyridine rings is 1. The van der Waals surface area contributed by atoms with Crippen LogP contribution in [0.25, 0.3) is 22.3 Å². The Balaban J connectivity index is 1.38. The summed E-state index contributed by atoms with van der Waals surface area (Å²) in [5.41, 5.74) is 4.31. The smallest absolute Gasteiger partial charge is 0.220 e. The van der Waals surface area contributed by atoms with E-state index in [4.69, 9.17) is 24.2 Å². The highest BCUT2D eigenvalue weighted by Crippen LogP contribution is 2.57. The molecule has 2 aromatic heterocycles. The Morgan fingerprint density at radius 3 is 2.63 bits per heavy atom. The maximum atomic E-state index is 6.55. The molecule has 1 aromatic carbocycles. The van der Waals surface area contributed by atoms with Crippen molar-refractivity contribution in [2.75, 3.05) is 13.2 Å². The molecule has 0 N–H and O–H groups in total. The highest BCUT2D eigenvalue weighted by atomic mass is 16.7. The number of benzene rings is 1. The van der Waals surface area contributed by atoms with E-state index in [2.05, 4.69) is 31.0 Å². The molecule has 4 aliphatic rings. The number of hydrogen-bond donors (Lipinski definition) is 0. The van der Waals surface area contributed by atoms with Crippen LogP contribution in [0.5, 0.6) is 5.88 Å². The summed E-state index contributed by atoms with van der Waals surface area (Å²) in [5, 5.41) is 1.07. The summed E-state index contributed by atoms with van der Waals surface area (Å²) >= 11 is 0. The Morgan fingerprint density at radius 1 is 1.00 bits per heavy atom. The van der Waals surface area contributed by atoms with Gasteiger partial charge in [-0.3, -0.25) is 4.98 Å². The van der Waals surface area contributed by atoms with E-state index in [-0.39, 0.29) is 11.5 Å². The van der Waals surface area contributed by atoms with Crippen molar-refractivity contribution < 1.29 is 14.2 Å². The third-order valence-corrected chi connectivity index (χ3v) is 9.32. The van der Waals surface area contributed by atoms with Gasteiger partial charge in [-0.2, -0.15) is 4.98 Å². The number of aromatic nitrogens is 3. The molecule has 3 aromatic rings. The van der Waals surface area contributed by atoms with E-state index < -0.39 is 5.79 Å². The number of para-hydroxylation sites is 1. The van der Waals surface area contributed by atoms with Gasteiger partial charge in [-0.15, -0.1) is 0 Å². The van der Waals surface area contributed by atoms with Crippen LogP contribution in [0.3, 0.4) is 0 Å². The molecule has 0 unspecified atom stereocenters. The van der Waals surface area contributed by atoms with Gasteiger partial charge < -0.3 is 14.2 Å². The summed E-state index contributed by atoms with van der Waals surface area (Å²) in [6.07, 6.45) is 9.51. The number of hydrogen-bond acceptors (Lipinski definition) is 6. The van der Waals surface area contributed by atoms with Gasteiger partial charge in [0, 0.05) is 40.5 Å². The highest BCUT2D eigenvalue weighted by molar-refractivity contribution is 5.92. The normalized spacial score (nSPS) is 29.5. The molecule has 182 valence electrons. The number of rotatable bonds is 3. The first kappa shape index (κ1) is 21.7. The molecule has 6 heteroatoms. The monoisotopic (exact) mass is 471 g/mol. The molecule has 2 saturated carbocycles. The topological polar surface area (TPSA) is 66.4 Å². The summed E-state index contributed by atoms with van der Waals surface area (Å²) in [6.45, 7) is 6.13. The zero-order valence-corrected chi connectivity index (χ0v) is 20.6. The van der Waals surface area contributed by atoms with Crippen LogP contribution in [0.1, 0.15) is 63.6 Å². The minimum absolute atomic E-state index is 0.0637. The lowest BCUT2D eigenvalue weighted by Crippen LogP contribution is -2.55. The molecule has 3 atom stereocenters. The molecular weight excluding hydrogens is 438 g/mol. The lowest BCUT2D eigenvalue weighted by Gasteiger charge is -2.54. The number of nitrogens with zero attached hydrogens (tertiary/aromatic N) is 3. The second-order valence-electron chi connectivity index (χ2n) is 11.1. The van der Waals surface area contributed by atoms with Crippen LogP contribution < -0.4 is 4.74 Å². The van der Waals surface area contributed by atoms with Crippen LogP contribution in [0.4, 0.5) is 0 Å². The van der Waals surface area contributed by atoms with E-state index in [1.807, 2.05) is 24.4 Å². The lowest BCUT2D eigenvalue weighted by molar-refractivity contribution is -0.234. The van der Waals surface area contributed by atoms with Gasteiger partial charge in [0.25, 0.3) is 0 Å². The van der Waals surface area contributed by atoms with Gasteiger partial charge in [-0.1, -0.05) is 32.0 Å². The Morgan fingerprint density at radius 2 is 1.83 bits per heavy atom. The molecular formula is C29H33N3O3. The molecule has 0 amide bonds. The van der Waals surface area contributed by atoms with Crippen LogP contribution in [-0.4, -0.2) is 40.1 Å². The summed E-state index contributed by atoms with van der Waals surface area (Å²) < 4.78 is 19.0. The minimum atomic E-state index is -0.426. The second-order valence-corrected chi connectivity index (χ2v) is 11.1. The largest absolute Gasteiger partial charge is 0.474 e. The molecule has 35 heavy (non-hydrogen) atoms. The van der Waals surface area contributed by atoms with E-state index in [9.17, 15) is 0 Å². The minimum Gasteiger partial charge on any atom is -0.474 e. The molecule has 1 saturated heterocycles. The summed E-state index contributed by atoms with van der Waals surface area (Å²) in [4.78, 5) is 15.0. The van der Waals surface area contributed by atoms with Crippen molar-refractivity contribution in [3.8, 4) is 17.3 Å². The average molecular weight is 472 g/mol. The van der Waals surface area contributed by atoms with Gasteiger partial charge in [0.2, 0.25) is 5.88 Å². The van der Waals surface area contributed by atoms with Gasteiger partial charge in [-0.05, 0) is 56.6 Å². The molecule has 1 aliphatic heterocycles. The molecule has 3 fully saturated rings. The highest BCUT2D eigenvalue weighted by Gasteiger charge is 2.58. The SMILES string of the molecule is C[C@@H]1[C@H]2CCc3c(OC4CCC4)nc(-c4ccnc5ccccc45)nc3[C@]2(C)CCC12OCCO2. The van der Waals surface area contributed by atoms with Crippen LogP contribution >= 0.6 is 0 Å². The van der Waals surface area contributed by atoms with E-state index in [0.29, 0.717) is 25.0 Å². The lowest BCUT2D eigenvalue weighted by atomic mass is 9.55. The summed E-state index contributed by atoms with van der Waals surface area (Å²) in [6, 6.07) is 10.3. The van der Waals surface area contributed by atoms with Crippen molar-refractivity contribution >= 4 is 10.9 Å². The Bertz CT molecular complexity index is 1280. The fraction of sp³-hybridized carbons (Fsp3) is 0.552. The maximum absolute atomic E-state index is 6.55. The van der Waals surface area contributed by atoms with E-state index >= 15 is 0 Å². The van der Waals surface area contributed by atoms with E-state index in [1.165, 1.54) is 17.7 Å². The van der Waals surface area contributed by atoms with Crippen LogP contribution in [-0.2, 0) is 21.3 Å². The molecule has 7 rings (SSSR count). The maximum Gasteiger partial charge on any atom is 0.220 e. The fourth-order valence-corrected chi connectivity index (χ4v) is 7.06. The van der Waals surface area contributed by atoms with Crippen molar-refractivity contribution in [2.45, 2.75) is 76.1 Å². The van der Waals surface area contributed by atoms with Gasteiger partial charge in [-0.25, -0.2) is 4.98 Å². The van der Waals surface area contributed by atoms with Crippen molar-refractivity contribution in [1.29, 1.82) is 0 Å². The first-order valence-corrected chi connectivity index (χ1v) is 13.3. The average Bonchev–Trinajstić information content (AvgIpc) is 3.34. The van der Waals surface area contributed by atoms with Crippen molar-refractivity contribution in [1.82, 2.24) is 15.0 Å². The van der Waals surface area contributed by atoms with Gasteiger partial charge in [0.15, 0.2) is 11.6 Å². The standard InChI is InChI=1S/C29H33N3O3/c1-18-23-11-10-22-25(28(23,2)13-14-29(18)33-16-17-34-29)31-26(32-27(22)35-19-6-5-7-19)21-12-15-30-24-9-4-3-8-20(21)24/h3-4,8-9,12,15,18-19,23H,5-7,10-11,13-14,16-17H2,1-2H3/t18-,23-,28-/m1/s1. The Kier molecular flexibility index (Phi) is 4.94. The van der Waals surface area contributed by atoms with Crippen molar-refractivity contribution in [3.63, 3.8) is 0 Å². The van der Waals surface area contributed by atoms with Crippen LogP contribution in [0.2, 0.25) is 0 Å². The first-order chi connectivity index (χ1) is 17.1. The van der Waals surface area contributed by atoms with Crippen LogP contribution in [0, 0.1) is 11.8 Å². The fourth-order valence-electron chi connectivity index (χ4n) is 7.06. The molecule has 0 bridgehead atoms. The summed E-state index contributed by atoms with van der Waals surface area (Å²) in [5.74, 6) is 1.88. The first-order valence-electron chi connectivity index (χ1n) is 13.3. The predicted octanol–water partition coefficient (Wildman–Crippen LogP) is 5.62. The predicted molar refractivity (Wildman–Crippen MR) is 133 cm³/mol.